The molecule has 1 aromatic heterocycles. The molecule has 0 atom stereocenters. The molecule has 22 heavy (non-hydrogen) atoms. The summed E-state index contributed by atoms with van der Waals surface area (Å²) in [6.07, 6.45) is -0.180. The van der Waals surface area contributed by atoms with Gasteiger partial charge in [0.1, 0.15) is 5.75 Å². The predicted octanol–water partition coefficient (Wildman–Crippen LogP) is 3.20. The van der Waals surface area contributed by atoms with Crippen molar-refractivity contribution in [3.63, 3.8) is 0 Å². The quantitative estimate of drug-likeness (QED) is 0.770. The molecular weight excluding hydrogens is 396 g/mol. The van der Waals surface area contributed by atoms with E-state index in [1.807, 2.05) is 0 Å². The van der Waals surface area contributed by atoms with E-state index >= 15 is 0 Å². The zero-order chi connectivity index (χ0) is 16.1. The summed E-state index contributed by atoms with van der Waals surface area (Å²) in [5.41, 5.74) is 0.397. The van der Waals surface area contributed by atoms with Crippen molar-refractivity contribution in [1.82, 2.24) is 4.98 Å². The Morgan fingerprint density at radius 3 is 2.91 bits per heavy atom. The van der Waals surface area contributed by atoms with Crippen molar-refractivity contribution in [2.24, 2.45) is 0 Å². The zero-order valence-electron chi connectivity index (χ0n) is 11.0. The fourth-order valence-electron chi connectivity index (χ4n) is 1.49. The molecule has 1 aromatic carbocycles. The second-order valence-corrected chi connectivity index (χ2v) is 6.27. The summed E-state index contributed by atoms with van der Waals surface area (Å²) in [6, 6.07) is 4.96. The number of aromatic nitrogens is 1. The van der Waals surface area contributed by atoms with Crippen molar-refractivity contribution in [1.29, 1.82) is 0 Å². The van der Waals surface area contributed by atoms with E-state index in [4.69, 9.17) is 21.4 Å². The molecule has 0 bridgehead atoms. The van der Waals surface area contributed by atoms with E-state index in [1.54, 1.807) is 23.6 Å². The third-order valence-corrected chi connectivity index (χ3v) is 4.04. The number of carbonyl (C=O) groups excluding carboxylic acids is 1. The Morgan fingerprint density at radius 1 is 1.45 bits per heavy atom. The van der Waals surface area contributed by atoms with E-state index in [2.05, 4.69) is 26.2 Å². The van der Waals surface area contributed by atoms with Crippen LogP contribution in [0.1, 0.15) is 5.69 Å². The number of hydrogen-bond acceptors (Lipinski definition) is 5. The van der Waals surface area contributed by atoms with E-state index in [9.17, 15) is 9.59 Å². The lowest BCUT2D eigenvalue weighted by Gasteiger charge is -2.07. The molecule has 0 spiro atoms. The molecule has 0 aliphatic carbocycles. The summed E-state index contributed by atoms with van der Waals surface area (Å²) in [5.74, 6) is -0.873. The van der Waals surface area contributed by atoms with Gasteiger partial charge in [-0.25, -0.2) is 4.98 Å². The van der Waals surface area contributed by atoms with Crippen molar-refractivity contribution in [3.05, 3.63) is 38.8 Å². The first-order valence-electron chi connectivity index (χ1n) is 5.98. The number of carbonyl (C=O) groups is 2. The Labute approximate surface area is 143 Å². The Balaban J connectivity index is 1.87. The highest BCUT2D eigenvalue weighted by molar-refractivity contribution is 9.10. The number of carboxylic acid groups (broad SMARTS) is 1. The third kappa shape index (κ3) is 4.97. The van der Waals surface area contributed by atoms with E-state index < -0.39 is 11.9 Å². The Hall–Kier alpha value is -1.64. The molecule has 0 radical (unpaired) electrons. The summed E-state index contributed by atoms with van der Waals surface area (Å²) in [7, 11) is 0. The van der Waals surface area contributed by atoms with Crippen molar-refractivity contribution < 1.29 is 19.4 Å². The standard InChI is InChI=1S/C13H10BrClN2O4S/c14-9-3-7(15)1-2-10(9)21-5-11(18)17-13-16-8(6-22-13)4-12(19)20/h1-3,6H,4-5H2,(H,19,20)(H,16,17,18). The number of benzene rings is 1. The van der Waals surface area contributed by atoms with Crippen molar-refractivity contribution >= 4 is 55.9 Å². The van der Waals surface area contributed by atoms with Crippen LogP contribution in [0.25, 0.3) is 0 Å². The largest absolute Gasteiger partial charge is 0.483 e. The normalized spacial score (nSPS) is 10.3. The number of rotatable bonds is 6. The van der Waals surface area contributed by atoms with Gasteiger partial charge < -0.3 is 9.84 Å². The van der Waals surface area contributed by atoms with Crippen LogP contribution in [0.2, 0.25) is 5.02 Å². The maximum atomic E-state index is 11.8. The molecule has 9 heteroatoms. The highest BCUT2D eigenvalue weighted by atomic mass is 79.9. The van der Waals surface area contributed by atoms with Crippen molar-refractivity contribution in [2.45, 2.75) is 6.42 Å². The molecule has 6 nitrogen and oxygen atoms in total. The molecule has 0 fully saturated rings. The molecular formula is C13H10BrClN2O4S. The molecule has 1 amide bonds. The molecule has 116 valence electrons. The molecule has 0 saturated carbocycles. The summed E-state index contributed by atoms with van der Waals surface area (Å²) >= 11 is 10.3. The number of nitrogens with one attached hydrogen (secondary N) is 1. The number of nitrogens with zero attached hydrogens (tertiary/aromatic N) is 1. The van der Waals surface area contributed by atoms with Gasteiger partial charge in [-0.15, -0.1) is 11.3 Å². The molecule has 0 aliphatic rings. The lowest BCUT2D eigenvalue weighted by molar-refractivity contribution is -0.136. The maximum absolute atomic E-state index is 11.8. The number of aliphatic carboxylic acids is 1. The molecule has 2 N–H and O–H groups in total. The minimum absolute atomic E-state index is 0.180. The second-order valence-electron chi connectivity index (χ2n) is 4.13. The molecule has 2 aromatic rings. The van der Waals surface area contributed by atoms with Crippen LogP contribution in [0.15, 0.2) is 28.1 Å². The number of anilines is 1. The topological polar surface area (TPSA) is 88.5 Å². The Kier molecular flexibility index (Phi) is 5.76. The first kappa shape index (κ1) is 16.7. The van der Waals surface area contributed by atoms with E-state index in [0.29, 0.717) is 26.1 Å². The van der Waals surface area contributed by atoms with Crippen LogP contribution in [-0.2, 0) is 16.0 Å². The Bertz CT molecular complexity index is 707. The first-order valence-corrected chi connectivity index (χ1v) is 8.03. The smallest absolute Gasteiger partial charge is 0.309 e. The molecule has 0 saturated heterocycles. The van der Waals surface area contributed by atoms with E-state index in [1.165, 1.54) is 0 Å². The fourth-order valence-corrected chi connectivity index (χ4v) is 3.02. The summed E-state index contributed by atoms with van der Waals surface area (Å²) in [4.78, 5) is 26.3. The number of amides is 1. The second kappa shape index (κ2) is 7.57. The summed E-state index contributed by atoms with van der Waals surface area (Å²) in [6.45, 7) is -0.200. The van der Waals surface area contributed by atoms with Gasteiger partial charge in [-0.1, -0.05) is 11.6 Å². The van der Waals surface area contributed by atoms with Gasteiger partial charge in [0, 0.05) is 10.4 Å². The summed E-state index contributed by atoms with van der Waals surface area (Å²) < 4.78 is 6.01. The van der Waals surface area contributed by atoms with Crippen LogP contribution in [0.3, 0.4) is 0 Å². The minimum Gasteiger partial charge on any atom is -0.483 e. The predicted molar refractivity (Wildman–Crippen MR) is 86.7 cm³/mol. The van der Waals surface area contributed by atoms with Gasteiger partial charge in [-0.05, 0) is 34.1 Å². The van der Waals surface area contributed by atoms with Gasteiger partial charge in [0.25, 0.3) is 5.91 Å². The molecule has 1 heterocycles. The fraction of sp³-hybridized carbons (Fsp3) is 0.154. The van der Waals surface area contributed by atoms with Gasteiger partial charge >= 0.3 is 5.97 Å². The van der Waals surface area contributed by atoms with Crippen LogP contribution in [-0.4, -0.2) is 28.6 Å². The monoisotopic (exact) mass is 404 g/mol. The number of carboxylic acids is 1. The highest BCUT2D eigenvalue weighted by Crippen LogP contribution is 2.27. The Morgan fingerprint density at radius 2 is 2.23 bits per heavy atom. The van der Waals surface area contributed by atoms with Crippen LogP contribution in [0.5, 0.6) is 5.75 Å². The zero-order valence-corrected chi connectivity index (χ0v) is 14.2. The minimum atomic E-state index is -0.973. The van der Waals surface area contributed by atoms with Crippen LogP contribution >= 0.6 is 38.9 Å². The SMILES string of the molecule is O=C(O)Cc1csc(NC(=O)COc2ccc(Cl)cc2Br)n1. The van der Waals surface area contributed by atoms with E-state index in [0.717, 1.165) is 11.3 Å². The van der Waals surface area contributed by atoms with Crippen LogP contribution in [0, 0.1) is 0 Å². The van der Waals surface area contributed by atoms with Crippen LogP contribution in [0.4, 0.5) is 5.13 Å². The number of ether oxygens (including phenoxy) is 1. The number of halogens is 2. The van der Waals surface area contributed by atoms with Gasteiger partial charge in [0.05, 0.1) is 16.6 Å². The van der Waals surface area contributed by atoms with Crippen molar-refractivity contribution in [3.8, 4) is 5.75 Å². The van der Waals surface area contributed by atoms with Crippen LogP contribution < -0.4 is 10.1 Å². The average Bonchev–Trinajstić information content (AvgIpc) is 2.84. The molecule has 0 unspecified atom stereocenters. The first-order chi connectivity index (χ1) is 10.4. The highest BCUT2D eigenvalue weighted by Gasteiger charge is 2.10. The molecule has 2 rings (SSSR count). The molecule has 0 aliphatic heterocycles. The van der Waals surface area contributed by atoms with Gasteiger partial charge in [-0.2, -0.15) is 0 Å². The summed E-state index contributed by atoms with van der Waals surface area (Å²) in [5, 5.41) is 13.7. The lowest BCUT2D eigenvalue weighted by atomic mass is 10.3. The lowest BCUT2D eigenvalue weighted by Crippen LogP contribution is -2.20. The van der Waals surface area contributed by atoms with Gasteiger partial charge in [0.15, 0.2) is 11.7 Å². The van der Waals surface area contributed by atoms with Crippen molar-refractivity contribution in [2.75, 3.05) is 11.9 Å². The van der Waals surface area contributed by atoms with Gasteiger partial charge in [-0.3, -0.25) is 14.9 Å². The van der Waals surface area contributed by atoms with E-state index in [-0.39, 0.29) is 13.0 Å². The number of hydrogen-bond donors (Lipinski definition) is 2. The number of thiazole rings is 1. The average molecular weight is 406 g/mol. The maximum Gasteiger partial charge on any atom is 0.309 e. The van der Waals surface area contributed by atoms with Gasteiger partial charge in [0.2, 0.25) is 0 Å². The third-order valence-electron chi connectivity index (χ3n) is 2.38.